The van der Waals surface area contributed by atoms with Crippen LogP contribution in [-0.2, 0) is 0 Å². The maximum absolute atomic E-state index is 10.5. The lowest BCUT2D eigenvalue weighted by Crippen LogP contribution is -2.19. The molecular weight excluding hydrogens is 184 g/mol. The van der Waals surface area contributed by atoms with Gasteiger partial charge in [-0.3, -0.25) is 0 Å². The number of nitrogens with one attached hydrogen (secondary N) is 2. The average molecular weight is 198 g/mol. The third kappa shape index (κ3) is 2.72. The molecule has 14 heavy (non-hydrogen) atoms. The zero-order valence-corrected chi connectivity index (χ0v) is 8.50. The monoisotopic (exact) mass is 198 g/mol. The Morgan fingerprint density at radius 3 is 2.79 bits per heavy atom. The molecule has 0 aliphatic rings. The van der Waals surface area contributed by atoms with Gasteiger partial charge < -0.3 is 15.4 Å². The highest BCUT2D eigenvalue weighted by molar-refractivity contribution is 5.55. The summed E-state index contributed by atoms with van der Waals surface area (Å²) in [5, 5.41) is 19.4. The molecular formula is C8H14N4O2. The summed E-state index contributed by atoms with van der Waals surface area (Å²) in [6, 6.07) is 0. The van der Waals surface area contributed by atoms with Crippen molar-refractivity contribution in [1.82, 2.24) is 10.2 Å². The van der Waals surface area contributed by atoms with Gasteiger partial charge in [0.2, 0.25) is 0 Å². The number of aromatic nitrogens is 2. The minimum Gasteiger partial charge on any atom is -0.376 e. The molecule has 0 saturated heterocycles. The van der Waals surface area contributed by atoms with E-state index in [1.54, 1.807) is 0 Å². The highest BCUT2D eigenvalue weighted by Gasteiger charge is 2.17. The predicted molar refractivity (Wildman–Crippen MR) is 53.2 cm³/mol. The number of hydrogen-bond donors (Lipinski definition) is 2. The minimum absolute atomic E-state index is 0.0745. The molecule has 0 radical (unpaired) electrons. The van der Waals surface area contributed by atoms with E-state index in [1.165, 1.54) is 6.20 Å². The smallest absolute Gasteiger partial charge is 0.366 e. The van der Waals surface area contributed by atoms with E-state index in [4.69, 9.17) is 0 Å². The Morgan fingerprint density at radius 1 is 1.64 bits per heavy atom. The van der Waals surface area contributed by atoms with E-state index < -0.39 is 4.92 Å². The van der Waals surface area contributed by atoms with Crippen LogP contribution in [0.25, 0.3) is 0 Å². The van der Waals surface area contributed by atoms with Gasteiger partial charge >= 0.3 is 5.82 Å². The fourth-order valence-corrected chi connectivity index (χ4v) is 0.908. The lowest BCUT2D eigenvalue weighted by Gasteiger charge is -2.18. The first-order valence-electron chi connectivity index (χ1n) is 4.32. The highest BCUT2D eigenvalue weighted by Crippen LogP contribution is 2.22. The molecule has 6 nitrogen and oxygen atoms in total. The highest BCUT2D eigenvalue weighted by atomic mass is 16.6. The summed E-state index contributed by atoms with van der Waals surface area (Å²) in [6.45, 7) is 6.80. The van der Waals surface area contributed by atoms with Gasteiger partial charge in [-0.25, -0.2) is 0 Å². The largest absolute Gasteiger partial charge is 0.376 e. The van der Waals surface area contributed by atoms with Crippen molar-refractivity contribution in [1.29, 1.82) is 0 Å². The molecule has 0 aromatic carbocycles. The van der Waals surface area contributed by atoms with Crippen molar-refractivity contribution in [3.63, 3.8) is 0 Å². The molecule has 0 spiro atoms. The van der Waals surface area contributed by atoms with Gasteiger partial charge in [-0.2, -0.15) is 0 Å². The molecule has 6 heteroatoms. The van der Waals surface area contributed by atoms with Crippen molar-refractivity contribution < 1.29 is 4.92 Å². The molecule has 78 valence electrons. The second-order valence-electron chi connectivity index (χ2n) is 4.30. The van der Waals surface area contributed by atoms with Gasteiger partial charge in [0.15, 0.2) is 5.69 Å². The van der Waals surface area contributed by atoms with Gasteiger partial charge in [-0.15, -0.1) is 5.10 Å². The van der Waals surface area contributed by atoms with Gasteiger partial charge in [-0.05, 0) is 10.3 Å². The molecule has 1 aromatic heterocycles. The Labute approximate surface area is 81.9 Å². The van der Waals surface area contributed by atoms with Crippen LogP contribution in [-0.4, -0.2) is 21.7 Å². The van der Waals surface area contributed by atoms with E-state index in [0.717, 1.165) is 0 Å². The Balaban J connectivity index is 2.68. The van der Waals surface area contributed by atoms with E-state index in [2.05, 4.69) is 15.5 Å². The normalized spacial score (nSPS) is 11.4. The second-order valence-corrected chi connectivity index (χ2v) is 4.30. The van der Waals surface area contributed by atoms with E-state index in [-0.39, 0.29) is 11.2 Å². The van der Waals surface area contributed by atoms with Crippen LogP contribution in [0, 0.1) is 15.5 Å². The number of nitro groups is 1. The number of hydrogen-bond acceptors (Lipinski definition) is 4. The quantitative estimate of drug-likeness (QED) is 0.572. The molecule has 0 aliphatic heterocycles. The standard InChI is InChI=1S/C8H14N4O2/c1-8(2,3)5-9-6-4-10-11-7(6)12(13)14/h4,9H,5H2,1-3H3,(H,10,11). The predicted octanol–water partition coefficient (Wildman–Crippen LogP) is 1.78. The minimum atomic E-state index is -0.488. The fourth-order valence-electron chi connectivity index (χ4n) is 0.908. The third-order valence-corrected chi connectivity index (χ3v) is 1.61. The fraction of sp³-hybridized carbons (Fsp3) is 0.625. The first-order chi connectivity index (χ1) is 6.40. The first-order valence-corrected chi connectivity index (χ1v) is 4.32. The summed E-state index contributed by atoms with van der Waals surface area (Å²) in [6.07, 6.45) is 1.42. The van der Waals surface area contributed by atoms with Crippen LogP contribution in [0.15, 0.2) is 6.20 Å². The molecule has 1 aromatic rings. The van der Waals surface area contributed by atoms with Crippen molar-refractivity contribution in [3.8, 4) is 0 Å². The molecule has 0 unspecified atom stereocenters. The van der Waals surface area contributed by atoms with E-state index in [9.17, 15) is 10.1 Å². The van der Waals surface area contributed by atoms with Crippen molar-refractivity contribution in [3.05, 3.63) is 16.3 Å². The Bertz CT molecular complexity index is 326. The topological polar surface area (TPSA) is 83.8 Å². The number of nitrogens with zero attached hydrogens (tertiary/aromatic N) is 2. The molecule has 0 amide bonds. The van der Waals surface area contributed by atoms with Crippen LogP contribution in [0.1, 0.15) is 20.8 Å². The second kappa shape index (κ2) is 3.65. The Hall–Kier alpha value is -1.59. The summed E-state index contributed by atoms with van der Waals surface area (Å²) >= 11 is 0. The third-order valence-electron chi connectivity index (χ3n) is 1.61. The Morgan fingerprint density at radius 2 is 2.29 bits per heavy atom. The molecule has 0 saturated carbocycles. The molecule has 1 rings (SSSR count). The van der Waals surface area contributed by atoms with Crippen molar-refractivity contribution in [2.24, 2.45) is 5.41 Å². The summed E-state index contributed by atoms with van der Waals surface area (Å²) in [7, 11) is 0. The summed E-state index contributed by atoms with van der Waals surface area (Å²) in [5.74, 6) is -0.0887. The van der Waals surface area contributed by atoms with Crippen molar-refractivity contribution in [2.45, 2.75) is 20.8 Å². The van der Waals surface area contributed by atoms with Crippen LogP contribution in [0.2, 0.25) is 0 Å². The van der Waals surface area contributed by atoms with Crippen LogP contribution in [0.5, 0.6) is 0 Å². The lowest BCUT2D eigenvalue weighted by atomic mass is 9.97. The van der Waals surface area contributed by atoms with Crippen LogP contribution in [0.3, 0.4) is 0 Å². The van der Waals surface area contributed by atoms with Gasteiger partial charge in [-0.1, -0.05) is 25.9 Å². The molecule has 0 bridgehead atoms. The zero-order valence-electron chi connectivity index (χ0n) is 8.50. The van der Waals surface area contributed by atoms with Crippen molar-refractivity contribution in [2.75, 3.05) is 11.9 Å². The molecule has 2 N–H and O–H groups in total. The van der Waals surface area contributed by atoms with E-state index in [1.807, 2.05) is 20.8 Å². The molecule has 0 aliphatic carbocycles. The maximum atomic E-state index is 10.5. The summed E-state index contributed by atoms with van der Waals surface area (Å²) in [5.41, 5.74) is 0.510. The maximum Gasteiger partial charge on any atom is 0.366 e. The SMILES string of the molecule is CC(C)(C)CNc1cn[nH]c1[N+](=O)[O-]. The van der Waals surface area contributed by atoms with Gasteiger partial charge in [0.1, 0.15) is 6.20 Å². The lowest BCUT2D eigenvalue weighted by molar-refractivity contribution is -0.388. The van der Waals surface area contributed by atoms with Gasteiger partial charge in [0, 0.05) is 6.54 Å². The summed E-state index contributed by atoms with van der Waals surface area (Å²) in [4.78, 5) is 10.0. The molecule has 0 fully saturated rings. The number of H-pyrrole nitrogens is 1. The van der Waals surface area contributed by atoms with Crippen molar-refractivity contribution >= 4 is 11.5 Å². The van der Waals surface area contributed by atoms with E-state index >= 15 is 0 Å². The molecule has 1 heterocycles. The zero-order chi connectivity index (χ0) is 10.8. The van der Waals surface area contributed by atoms with Gasteiger partial charge in [0.25, 0.3) is 0 Å². The average Bonchev–Trinajstić information content (AvgIpc) is 2.46. The van der Waals surface area contributed by atoms with E-state index in [0.29, 0.717) is 12.2 Å². The van der Waals surface area contributed by atoms with Crippen LogP contribution < -0.4 is 5.32 Å². The summed E-state index contributed by atoms with van der Waals surface area (Å²) < 4.78 is 0. The first kappa shape index (κ1) is 10.5. The van der Waals surface area contributed by atoms with Gasteiger partial charge in [0.05, 0.1) is 0 Å². The Kier molecular flexibility index (Phi) is 2.73. The number of rotatable bonds is 3. The number of anilines is 1. The number of aromatic amines is 1. The van der Waals surface area contributed by atoms with Crippen LogP contribution >= 0.6 is 0 Å². The molecule has 0 atom stereocenters. The van der Waals surface area contributed by atoms with Crippen LogP contribution in [0.4, 0.5) is 11.5 Å².